The van der Waals surface area contributed by atoms with Crippen LogP contribution in [0.2, 0.25) is 0 Å². The first kappa shape index (κ1) is 7.70. The molecule has 0 unspecified atom stereocenters. The molecule has 0 aliphatic carbocycles. The Morgan fingerprint density at radius 1 is 1.21 bits per heavy atom. The molecule has 0 saturated carbocycles. The maximum Gasteiger partial charge on any atom is 0.0931 e. The third kappa shape index (κ3) is 1.12. The van der Waals surface area contributed by atoms with Gasteiger partial charge < -0.3 is 4.98 Å². The number of H-pyrrole nitrogens is 1. The molecule has 0 spiro atoms. The van der Waals surface area contributed by atoms with Crippen molar-refractivity contribution in [2.24, 2.45) is 0 Å². The first-order chi connectivity index (χ1) is 6.93. The van der Waals surface area contributed by atoms with E-state index in [-0.39, 0.29) is 0 Å². The molecular formula is C10H7N3S. The minimum Gasteiger partial charge on any atom is -0.345 e. The molecule has 0 amide bonds. The molecule has 3 aromatic rings. The van der Waals surface area contributed by atoms with Crippen molar-refractivity contribution in [3.05, 3.63) is 36.1 Å². The maximum atomic E-state index is 4.22. The number of aromatic nitrogens is 3. The maximum absolute atomic E-state index is 4.22. The minimum absolute atomic E-state index is 0.994. The third-order valence-electron chi connectivity index (χ3n) is 2.19. The zero-order valence-corrected chi connectivity index (χ0v) is 8.08. The quantitative estimate of drug-likeness (QED) is 0.657. The zero-order valence-electron chi connectivity index (χ0n) is 7.27. The van der Waals surface area contributed by atoms with Crippen LogP contribution in [0.3, 0.4) is 0 Å². The van der Waals surface area contributed by atoms with Crippen LogP contribution in [0, 0.1) is 0 Å². The normalized spacial score (nSPS) is 10.9. The van der Waals surface area contributed by atoms with E-state index < -0.39 is 0 Å². The van der Waals surface area contributed by atoms with Gasteiger partial charge in [0.25, 0.3) is 0 Å². The fourth-order valence-electron chi connectivity index (χ4n) is 1.46. The van der Waals surface area contributed by atoms with Gasteiger partial charge in [0, 0.05) is 17.1 Å². The second kappa shape index (κ2) is 2.92. The van der Waals surface area contributed by atoms with Crippen molar-refractivity contribution >= 4 is 22.6 Å². The smallest absolute Gasteiger partial charge is 0.0931 e. The Labute approximate surface area is 84.6 Å². The van der Waals surface area contributed by atoms with Crippen LogP contribution in [0.1, 0.15) is 0 Å². The summed E-state index contributed by atoms with van der Waals surface area (Å²) in [6.45, 7) is 0. The molecule has 3 nitrogen and oxygen atoms in total. The highest BCUT2D eigenvalue weighted by molar-refractivity contribution is 7.03. The van der Waals surface area contributed by atoms with Crippen LogP contribution >= 0.6 is 11.5 Å². The number of nitrogens with one attached hydrogen (secondary N) is 1. The lowest BCUT2D eigenvalue weighted by molar-refractivity contribution is 1.34. The number of nitrogens with zero attached hydrogens (tertiary/aromatic N) is 2. The molecule has 0 radical (unpaired) electrons. The molecule has 0 bridgehead atoms. The molecule has 0 fully saturated rings. The predicted octanol–water partition coefficient (Wildman–Crippen LogP) is 2.69. The summed E-state index contributed by atoms with van der Waals surface area (Å²) in [7, 11) is 0. The van der Waals surface area contributed by atoms with Crippen LogP contribution in [0.15, 0.2) is 36.1 Å². The lowest BCUT2D eigenvalue weighted by atomic mass is 10.1. The molecule has 4 heteroatoms. The van der Waals surface area contributed by atoms with Gasteiger partial charge in [-0.25, -0.2) is 9.36 Å². The summed E-state index contributed by atoms with van der Waals surface area (Å²) < 4.78 is 4.08. The van der Waals surface area contributed by atoms with E-state index in [9.17, 15) is 0 Å². The molecule has 2 heterocycles. The second-order valence-electron chi connectivity index (χ2n) is 3.05. The van der Waals surface area contributed by atoms with Crippen LogP contribution in [-0.2, 0) is 0 Å². The number of fused-ring (bicyclic) bond motifs is 1. The van der Waals surface area contributed by atoms with Crippen LogP contribution in [0.4, 0.5) is 0 Å². The van der Waals surface area contributed by atoms with Gasteiger partial charge in [-0.15, -0.1) is 0 Å². The van der Waals surface area contributed by atoms with Crippen molar-refractivity contribution < 1.29 is 0 Å². The lowest BCUT2D eigenvalue weighted by Crippen LogP contribution is -1.74. The molecule has 0 atom stereocenters. The number of benzene rings is 1. The van der Waals surface area contributed by atoms with Crippen molar-refractivity contribution in [1.29, 1.82) is 0 Å². The Bertz CT molecular complexity index is 554. The van der Waals surface area contributed by atoms with Crippen LogP contribution < -0.4 is 0 Å². The Balaban J connectivity index is 2.23. The highest BCUT2D eigenvalue weighted by Crippen LogP contribution is 2.23. The Morgan fingerprint density at radius 3 is 3.07 bits per heavy atom. The SMILES string of the molecule is c1nc2cc(-c3cnsc3)ccc2[nH]1. The first-order valence-corrected chi connectivity index (χ1v) is 5.10. The van der Waals surface area contributed by atoms with Crippen molar-refractivity contribution in [2.75, 3.05) is 0 Å². The second-order valence-corrected chi connectivity index (χ2v) is 3.70. The lowest BCUT2D eigenvalue weighted by Gasteiger charge is -1.95. The van der Waals surface area contributed by atoms with E-state index in [1.54, 1.807) is 6.33 Å². The van der Waals surface area contributed by atoms with Crippen molar-refractivity contribution in [1.82, 2.24) is 14.3 Å². The molecule has 2 aromatic heterocycles. The molecule has 1 aromatic carbocycles. The summed E-state index contributed by atoms with van der Waals surface area (Å²) in [6, 6.07) is 6.18. The Kier molecular flexibility index (Phi) is 1.61. The van der Waals surface area contributed by atoms with Crippen molar-refractivity contribution in [2.45, 2.75) is 0 Å². The molecule has 14 heavy (non-hydrogen) atoms. The third-order valence-corrected chi connectivity index (χ3v) is 2.77. The Hall–Kier alpha value is -1.68. The van der Waals surface area contributed by atoms with E-state index in [1.165, 1.54) is 17.1 Å². The topological polar surface area (TPSA) is 41.6 Å². The van der Waals surface area contributed by atoms with E-state index >= 15 is 0 Å². The summed E-state index contributed by atoms with van der Waals surface area (Å²) in [5.41, 5.74) is 4.38. The van der Waals surface area contributed by atoms with Gasteiger partial charge in [0.1, 0.15) is 0 Å². The van der Waals surface area contributed by atoms with E-state index in [0.717, 1.165) is 16.6 Å². The van der Waals surface area contributed by atoms with Gasteiger partial charge in [0.2, 0.25) is 0 Å². The Morgan fingerprint density at radius 2 is 2.21 bits per heavy atom. The van der Waals surface area contributed by atoms with Crippen LogP contribution in [0.5, 0.6) is 0 Å². The molecule has 0 aliphatic heterocycles. The monoisotopic (exact) mass is 201 g/mol. The largest absolute Gasteiger partial charge is 0.345 e. The molecule has 0 aliphatic rings. The van der Waals surface area contributed by atoms with Gasteiger partial charge in [0.05, 0.1) is 17.4 Å². The summed E-state index contributed by atoms with van der Waals surface area (Å²) in [4.78, 5) is 7.28. The van der Waals surface area contributed by atoms with Gasteiger partial charge in [0.15, 0.2) is 0 Å². The number of rotatable bonds is 1. The number of aromatic amines is 1. The predicted molar refractivity (Wildman–Crippen MR) is 57.2 cm³/mol. The van der Waals surface area contributed by atoms with Gasteiger partial charge in [-0.2, -0.15) is 0 Å². The van der Waals surface area contributed by atoms with Gasteiger partial charge in [-0.1, -0.05) is 6.07 Å². The average molecular weight is 201 g/mol. The fraction of sp³-hybridized carbons (Fsp3) is 0. The summed E-state index contributed by atoms with van der Waals surface area (Å²) in [5, 5.41) is 2.04. The first-order valence-electron chi connectivity index (χ1n) is 4.26. The van der Waals surface area contributed by atoms with Gasteiger partial charge in [-0.05, 0) is 29.2 Å². The molecule has 68 valence electrons. The number of hydrogen-bond donors (Lipinski definition) is 1. The standard InChI is InChI=1S/C10H7N3S/c1-2-9-10(12-6-11-9)3-7(1)8-4-13-14-5-8/h1-6H,(H,11,12). The van der Waals surface area contributed by atoms with E-state index in [0.29, 0.717) is 0 Å². The average Bonchev–Trinajstić information content (AvgIpc) is 2.88. The molecule has 3 rings (SSSR count). The zero-order chi connectivity index (χ0) is 9.38. The molecular weight excluding hydrogens is 194 g/mol. The number of hydrogen-bond acceptors (Lipinski definition) is 3. The minimum atomic E-state index is 0.994. The fourth-order valence-corrected chi connectivity index (χ4v) is 2.00. The number of imidazole rings is 1. The van der Waals surface area contributed by atoms with Crippen LogP contribution in [-0.4, -0.2) is 14.3 Å². The van der Waals surface area contributed by atoms with Gasteiger partial charge in [-0.3, -0.25) is 0 Å². The van der Waals surface area contributed by atoms with E-state index in [1.807, 2.05) is 17.6 Å². The highest BCUT2D eigenvalue weighted by Gasteiger charge is 2.01. The van der Waals surface area contributed by atoms with Crippen molar-refractivity contribution in [3.63, 3.8) is 0 Å². The van der Waals surface area contributed by atoms with E-state index in [4.69, 9.17) is 0 Å². The van der Waals surface area contributed by atoms with Crippen molar-refractivity contribution in [3.8, 4) is 11.1 Å². The van der Waals surface area contributed by atoms with Gasteiger partial charge >= 0.3 is 0 Å². The van der Waals surface area contributed by atoms with E-state index in [2.05, 4.69) is 26.5 Å². The summed E-state index contributed by atoms with van der Waals surface area (Å²) >= 11 is 1.46. The molecule has 0 saturated heterocycles. The van der Waals surface area contributed by atoms with Crippen LogP contribution in [0.25, 0.3) is 22.2 Å². The molecule has 1 N–H and O–H groups in total. The highest BCUT2D eigenvalue weighted by atomic mass is 32.1. The summed E-state index contributed by atoms with van der Waals surface area (Å²) in [5.74, 6) is 0. The summed E-state index contributed by atoms with van der Waals surface area (Å²) in [6.07, 6.45) is 3.58.